The van der Waals surface area contributed by atoms with Crippen LogP contribution in [0.15, 0.2) is 24.3 Å². The lowest BCUT2D eigenvalue weighted by molar-refractivity contribution is -0.0238. The second-order valence-corrected chi connectivity index (χ2v) is 5.83. The van der Waals surface area contributed by atoms with E-state index in [0.717, 1.165) is 56.6 Å². The zero-order valence-corrected chi connectivity index (χ0v) is 11.6. The summed E-state index contributed by atoms with van der Waals surface area (Å²) in [6.45, 7) is 5.55. The monoisotopic (exact) mass is 261 g/mol. The summed E-state index contributed by atoms with van der Waals surface area (Å²) in [5, 5.41) is 10.4. The SMILES string of the molecule is CCN1CCCC2(CC1)C[C@H](O)c1ccccc1O2. The van der Waals surface area contributed by atoms with Crippen molar-refractivity contribution in [1.29, 1.82) is 0 Å². The molecule has 0 radical (unpaired) electrons. The van der Waals surface area contributed by atoms with Gasteiger partial charge in [-0.2, -0.15) is 0 Å². The number of hydrogen-bond donors (Lipinski definition) is 1. The first-order valence-electron chi connectivity index (χ1n) is 7.41. The summed E-state index contributed by atoms with van der Waals surface area (Å²) in [5.74, 6) is 0.881. The number of aliphatic hydroxyl groups excluding tert-OH is 1. The predicted molar refractivity (Wildman–Crippen MR) is 75.3 cm³/mol. The molecule has 1 spiro atoms. The van der Waals surface area contributed by atoms with Crippen molar-refractivity contribution < 1.29 is 9.84 Å². The Hall–Kier alpha value is -1.06. The molecule has 3 heteroatoms. The Labute approximate surface area is 115 Å². The van der Waals surface area contributed by atoms with Crippen molar-refractivity contribution in [1.82, 2.24) is 4.90 Å². The number of rotatable bonds is 1. The van der Waals surface area contributed by atoms with E-state index in [1.807, 2.05) is 24.3 Å². The molecule has 1 aromatic rings. The first-order valence-corrected chi connectivity index (χ1v) is 7.41. The van der Waals surface area contributed by atoms with Crippen molar-refractivity contribution >= 4 is 0 Å². The van der Waals surface area contributed by atoms with E-state index in [-0.39, 0.29) is 11.7 Å². The fraction of sp³-hybridized carbons (Fsp3) is 0.625. The highest BCUT2D eigenvalue weighted by atomic mass is 16.5. The standard InChI is InChI=1S/C16H23NO2/c1-2-17-10-5-8-16(9-11-17)12-14(18)13-6-3-4-7-15(13)19-16/h3-4,6-7,14,18H,2,5,8-12H2,1H3/t14-,16?/m0/s1. The highest BCUT2D eigenvalue weighted by molar-refractivity contribution is 5.38. The van der Waals surface area contributed by atoms with Gasteiger partial charge in [-0.1, -0.05) is 25.1 Å². The minimum absolute atomic E-state index is 0.155. The van der Waals surface area contributed by atoms with E-state index in [9.17, 15) is 5.11 Å². The second-order valence-electron chi connectivity index (χ2n) is 5.83. The van der Waals surface area contributed by atoms with E-state index in [1.165, 1.54) is 0 Å². The molecular weight excluding hydrogens is 238 g/mol. The molecule has 0 saturated carbocycles. The third-order valence-electron chi connectivity index (χ3n) is 4.61. The van der Waals surface area contributed by atoms with Crippen LogP contribution in [0, 0.1) is 0 Å². The molecule has 2 atom stereocenters. The minimum atomic E-state index is -0.377. The fourth-order valence-corrected chi connectivity index (χ4v) is 3.43. The Morgan fingerprint density at radius 1 is 1.32 bits per heavy atom. The molecule has 2 heterocycles. The summed E-state index contributed by atoms with van der Waals surface area (Å²) in [7, 11) is 0. The van der Waals surface area contributed by atoms with Crippen molar-refractivity contribution in [2.45, 2.75) is 44.3 Å². The molecule has 0 aliphatic carbocycles. The molecule has 1 N–H and O–H groups in total. The highest BCUT2D eigenvalue weighted by Gasteiger charge is 2.41. The van der Waals surface area contributed by atoms with Gasteiger partial charge in [0.15, 0.2) is 0 Å². The van der Waals surface area contributed by atoms with Crippen LogP contribution in [0.5, 0.6) is 5.75 Å². The van der Waals surface area contributed by atoms with Crippen molar-refractivity contribution in [2.24, 2.45) is 0 Å². The maximum absolute atomic E-state index is 10.4. The summed E-state index contributed by atoms with van der Waals surface area (Å²) in [6.07, 6.45) is 3.59. The summed E-state index contributed by atoms with van der Waals surface area (Å²) >= 11 is 0. The number of fused-ring (bicyclic) bond motifs is 1. The van der Waals surface area contributed by atoms with Crippen LogP contribution in [0.1, 0.15) is 44.3 Å². The molecule has 0 aromatic heterocycles. The molecule has 2 aliphatic rings. The molecule has 19 heavy (non-hydrogen) atoms. The minimum Gasteiger partial charge on any atom is -0.487 e. The van der Waals surface area contributed by atoms with E-state index >= 15 is 0 Å². The van der Waals surface area contributed by atoms with E-state index < -0.39 is 0 Å². The number of benzene rings is 1. The van der Waals surface area contributed by atoms with Gasteiger partial charge < -0.3 is 14.7 Å². The molecule has 0 bridgehead atoms. The summed E-state index contributed by atoms with van der Waals surface area (Å²) in [6, 6.07) is 7.92. The largest absolute Gasteiger partial charge is 0.487 e. The summed E-state index contributed by atoms with van der Waals surface area (Å²) in [4.78, 5) is 2.48. The molecule has 0 amide bonds. The van der Waals surface area contributed by atoms with Crippen molar-refractivity contribution in [3.8, 4) is 5.75 Å². The molecule has 104 valence electrons. The van der Waals surface area contributed by atoms with E-state index in [2.05, 4.69) is 11.8 Å². The van der Waals surface area contributed by atoms with Gasteiger partial charge in [-0.25, -0.2) is 0 Å². The number of para-hydroxylation sites is 1. The third kappa shape index (κ3) is 2.49. The van der Waals surface area contributed by atoms with Gasteiger partial charge in [0.1, 0.15) is 11.4 Å². The summed E-state index contributed by atoms with van der Waals surface area (Å²) < 4.78 is 6.32. The number of ether oxygens (including phenoxy) is 1. The van der Waals surface area contributed by atoms with Crippen LogP contribution >= 0.6 is 0 Å². The number of likely N-dealkylation sites (tertiary alicyclic amines) is 1. The Balaban J connectivity index is 1.83. The van der Waals surface area contributed by atoms with Gasteiger partial charge in [-0.3, -0.25) is 0 Å². The Kier molecular flexibility index (Phi) is 3.50. The van der Waals surface area contributed by atoms with Crippen LogP contribution in [0.4, 0.5) is 0 Å². The first kappa shape index (κ1) is 12.9. The maximum Gasteiger partial charge on any atom is 0.125 e. The van der Waals surface area contributed by atoms with Gasteiger partial charge in [0.05, 0.1) is 6.10 Å². The van der Waals surface area contributed by atoms with Gasteiger partial charge in [0.25, 0.3) is 0 Å². The molecule has 3 nitrogen and oxygen atoms in total. The molecular formula is C16H23NO2. The predicted octanol–water partition coefficient (Wildman–Crippen LogP) is 2.75. The van der Waals surface area contributed by atoms with E-state index in [4.69, 9.17) is 4.74 Å². The van der Waals surface area contributed by atoms with Crippen LogP contribution < -0.4 is 4.74 Å². The van der Waals surface area contributed by atoms with Gasteiger partial charge in [0, 0.05) is 18.5 Å². The quantitative estimate of drug-likeness (QED) is 0.843. The normalized spacial score (nSPS) is 31.6. The van der Waals surface area contributed by atoms with Crippen molar-refractivity contribution in [2.75, 3.05) is 19.6 Å². The molecule has 1 fully saturated rings. The molecule has 1 saturated heterocycles. The zero-order chi connectivity index (χ0) is 13.3. The molecule has 1 aromatic carbocycles. The van der Waals surface area contributed by atoms with Crippen LogP contribution in [0.2, 0.25) is 0 Å². The smallest absolute Gasteiger partial charge is 0.125 e. The molecule has 3 rings (SSSR count). The number of hydrogen-bond acceptors (Lipinski definition) is 3. The Morgan fingerprint density at radius 3 is 3.00 bits per heavy atom. The van der Waals surface area contributed by atoms with Gasteiger partial charge >= 0.3 is 0 Å². The van der Waals surface area contributed by atoms with Gasteiger partial charge in [-0.15, -0.1) is 0 Å². The highest BCUT2D eigenvalue weighted by Crippen LogP contribution is 2.43. The Bertz CT molecular complexity index is 448. The lowest BCUT2D eigenvalue weighted by Crippen LogP contribution is -2.42. The van der Waals surface area contributed by atoms with E-state index in [0.29, 0.717) is 0 Å². The van der Waals surface area contributed by atoms with Crippen molar-refractivity contribution in [3.05, 3.63) is 29.8 Å². The van der Waals surface area contributed by atoms with Crippen LogP contribution in [-0.4, -0.2) is 35.2 Å². The molecule has 1 unspecified atom stereocenters. The van der Waals surface area contributed by atoms with Crippen molar-refractivity contribution in [3.63, 3.8) is 0 Å². The van der Waals surface area contributed by atoms with Gasteiger partial charge in [-0.05, 0) is 38.4 Å². The fourth-order valence-electron chi connectivity index (χ4n) is 3.43. The maximum atomic E-state index is 10.4. The average molecular weight is 261 g/mol. The lowest BCUT2D eigenvalue weighted by atomic mass is 9.83. The third-order valence-corrected chi connectivity index (χ3v) is 4.61. The molecule has 2 aliphatic heterocycles. The van der Waals surface area contributed by atoms with Gasteiger partial charge in [0.2, 0.25) is 0 Å². The Morgan fingerprint density at radius 2 is 2.16 bits per heavy atom. The van der Waals surface area contributed by atoms with E-state index in [1.54, 1.807) is 0 Å². The number of aliphatic hydroxyl groups is 1. The first-order chi connectivity index (χ1) is 9.22. The number of nitrogens with zero attached hydrogens (tertiary/aromatic N) is 1. The topological polar surface area (TPSA) is 32.7 Å². The average Bonchev–Trinajstić information content (AvgIpc) is 2.61. The van der Waals surface area contributed by atoms with Crippen LogP contribution in [0.3, 0.4) is 0 Å². The lowest BCUT2D eigenvalue weighted by Gasteiger charge is -2.40. The van der Waals surface area contributed by atoms with Crippen LogP contribution in [-0.2, 0) is 0 Å². The second kappa shape index (κ2) is 5.14. The zero-order valence-electron chi connectivity index (χ0n) is 11.6. The van der Waals surface area contributed by atoms with Crippen LogP contribution in [0.25, 0.3) is 0 Å². The summed E-state index contributed by atoms with van der Waals surface area (Å²) in [5.41, 5.74) is 0.794.